The van der Waals surface area contributed by atoms with Crippen molar-refractivity contribution in [2.75, 3.05) is 0 Å². The number of aryl methyl sites for hydroxylation is 1. The number of allylic oxidation sites excluding steroid dienone is 1. The van der Waals surface area contributed by atoms with E-state index < -0.39 is 16.0 Å². The summed E-state index contributed by atoms with van der Waals surface area (Å²) in [4.78, 5) is 12.5. The molecule has 5 nitrogen and oxygen atoms in total. The number of halogens is 1. The Morgan fingerprint density at radius 2 is 1.68 bits per heavy atom. The first-order valence-electron chi connectivity index (χ1n) is 12.4. The number of benzene rings is 3. The van der Waals surface area contributed by atoms with Crippen molar-refractivity contribution in [1.82, 2.24) is 3.97 Å². The van der Waals surface area contributed by atoms with Crippen LogP contribution in [0.4, 0.5) is 4.39 Å². The molecular weight excluding hydrogens is 489 g/mol. The second-order valence-electron chi connectivity index (χ2n) is 9.40. The van der Waals surface area contributed by atoms with Crippen LogP contribution < -0.4 is 0 Å². The molecule has 1 atom stereocenters. The summed E-state index contributed by atoms with van der Waals surface area (Å²) in [7, 11) is -4.06. The Hall–Kier alpha value is -3.71. The summed E-state index contributed by atoms with van der Waals surface area (Å²) in [5, 5.41) is 0.749. The Morgan fingerprint density at radius 3 is 2.32 bits per heavy atom. The molecule has 0 saturated heterocycles. The number of hydrogen-bond acceptors (Lipinski definition) is 4. The molecule has 7 heteroatoms. The van der Waals surface area contributed by atoms with Gasteiger partial charge in [-0.1, -0.05) is 61.4 Å². The minimum absolute atomic E-state index is 0.143. The lowest BCUT2D eigenvalue weighted by atomic mass is 9.85. The summed E-state index contributed by atoms with van der Waals surface area (Å²) in [5.41, 5.74) is 4.19. The van der Waals surface area contributed by atoms with Gasteiger partial charge in [0.25, 0.3) is 10.0 Å². The summed E-state index contributed by atoms with van der Waals surface area (Å²) in [5.74, 6) is -0.988. The summed E-state index contributed by atoms with van der Waals surface area (Å²) in [6, 6.07) is 20.2. The van der Waals surface area contributed by atoms with E-state index in [1.807, 2.05) is 19.1 Å². The maximum absolute atomic E-state index is 14.2. The van der Waals surface area contributed by atoms with Gasteiger partial charge in [0.1, 0.15) is 11.5 Å². The van der Waals surface area contributed by atoms with Gasteiger partial charge in [-0.05, 0) is 61.2 Å². The lowest BCUT2D eigenvalue weighted by Crippen LogP contribution is -2.16. The molecule has 0 saturated carbocycles. The molecule has 3 aromatic carbocycles. The van der Waals surface area contributed by atoms with Crippen molar-refractivity contribution in [2.24, 2.45) is 0 Å². The number of hydrogen-bond donors (Lipinski definition) is 0. The van der Waals surface area contributed by atoms with Gasteiger partial charge >= 0.3 is 5.97 Å². The Labute approximate surface area is 216 Å². The molecule has 1 aliphatic rings. The molecular formula is C30H28FNO4S. The zero-order valence-electron chi connectivity index (χ0n) is 21.0. The smallest absolute Gasteiger partial charge is 0.308 e. The van der Waals surface area contributed by atoms with Crippen LogP contribution in [0.2, 0.25) is 0 Å². The van der Waals surface area contributed by atoms with Gasteiger partial charge in [-0.3, -0.25) is 4.79 Å². The van der Waals surface area contributed by atoms with Gasteiger partial charge in [-0.2, -0.15) is 0 Å². The lowest BCUT2D eigenvalue weighted by Gasteiger charge is -2.18. The number of carbonyl (C=O) groups excluding carboxylic acids is 1. The van der Waals surface area contributed by atoms with Gasteiger partial charge < -0.3 is 4.74 Å². The molecule has 37 heavy (non-hydrogen) atoms. The number of fused-ring (bicyclic) bond motifs is 3. The van der Waals surface area contributed by atoms with Crippen LogP contribution in [0.5, 0.6) is 0 Å². The van der Waals surface area contributed by atoms with Crippen molar-refractivity contribution in [3.05, 3.63) is 107 Å². The largest absolute Gasteiger partial charge is 0.424 e. The number of aromatic nitrogens is 1. The van der Waals surface area contributed by atoms with Crippen LogP contribution in [-0.2, 0) is 19.6 Å². The van der Waals surface area contributed by atoms with Gasteiger partial charge in [0, 0.05) is 23.8 Å². The molecule has 0 N–H and O–H groups in total. The Morgan fingerprint density at radius 1 is 1.00 bits per heavy atom. The first kappa shape index (κ1) is 25.0. The quantitative estimate of drug-likeness (QED) is 0.249. The first-order valence-corrected chi connectivity index (χ1v) is 13.8. The number of unbranched alkanes of at least 4 members (excludes halogenated alkanes) is 1. The monoisotopic (exact) mass is 517 g/mol. The Balaban J connectivity index is 1.89. The van der Waals surface area contributed by atoms with Gasteiger partial charge in [0.15, 0.2) is 5.76 Å². The summed E-state index contributed by atoms with van der Waals surface area (Å²) in [6.07, 6.45) is 2.33. The van der Waals surface area contributed by atoms with Crippen LogP contribution in [0.3, 0.4) is 0 Å². The third-order valence-electron chi connectivity index (χ3n) is 6.82. The van der Waals surface area contributed by atoms with Crippen molar-refractivity contribution in [1.29, 1.82) is 0 Å². The molecule has 5 rings (SSSR count). The van der Waals surface area contributed by atoms with E-state index in [4.69, 9.17) is 4.74 Å². The molecule has 1 unspecified atom stereocenters. The highest BCUT2D eigenvalue weighted by molar-refractivity contribution is 7.90. The highest BCUT2D eigenvalue weighted by Crippen LogP contribution is 2.52. The third kappa shape index (κ3) is 4.27. The molecule has 0 aliphatic heterocycles. The van der Waals surface area contributed by atoms with E-state index in [0.717, 1.165) is 40.5 Å². The molecule has 0 amide bonds. The average Bonchev–Trinajstić information content (AvgIpc) is 3.36. The fraction of sp³-hybridized carbons (Fsp3) is 0.233. The Bertz CT molecular complexity index is 1630. The zero-order valence-corrected chi connectivity index (χ0v) is 21.8. The van der Waals surface area contributed by atoms with Gasteiger partial charge in [-0.25, -0.2) is 16.8 Å². The predicted molar refractivity (Wildman–Crippen MR) is 142 cm³/mol. The van der Waals surface area contributed by atoms with Gasteiger partial charge in [0.2, 0.25) is 0 Å². The SMILES string of the molecule is CCCCC1=C(OC(C)=O)c2c(c3ccccc3n2S(=O)(=O)c2ccc(C)cc2)C1c1ccc(F)cc1. The maximum Gasteiger partial charge on any atom is 0.308 e. The molecule has 0 fully saturated rings. The predicted octanol–water partition coefficient (Wildman–Crippen LogP) is 6.94. The number of esters is 1. The van der Waals surface area contributed by atoms with E-state index in [0.29, 0.717) is 17.6 Å². The standard InChI is InChI=1S/C30H28FNO4S/c1-4-5-8-25-27(21-13-15-22(31)16-14-21)28-24-9-6-7-10-26(24)32(29(28)30(25)36-20(3)33)37(34,35)23-17-11-19(2)12-18-23/h6-7,9-18,27H,4-5,8H2,1-3H3. The lowest BCUT2D eigenvalue weighted by molar-refractivity contribution is -0.134. The van der Waals surface area contributed by atoms with Crippen LogP contribution in [0.25, 0.3) is 16.7 Å². The van der Waals surface area contributed by atoms with Crippen LogP contribution in [0, 0.1) is 12.7 Å². The van der Waals surface area contributed by atoms with E-state index >= 15 is 0 Å². The maximum atomic E-state index is 14.2. The molecule has 1 aromatic heterocycles. The zero-order chi connectivity index (χ0) is 26.3. The van der Waals surface area contributed by atoms with Crippen molar-refractivity contribution in [3.63, 3.8) is 0 Å². The van der Waals surface area contributed by atoms with Crippen LogP contribution in [-0.4, -0.2) is 18.4 Å². The molecule has 0 bridgehead atoms. The van der Waals surface area contributed by atoms with Crippen LogP contribution in [0.1, 0.15) is 61.4 Å². The minimum atomic E-state index is -4.06. The average molecular weight is 518 g/mol. The molecule has 0 spiro atoms. The fourth-order valence-corrected chi connectivity index (χ4v) is 6.70. The van der Waals surface area contributed by atoms with Crippen molar-refractivity contribution >= 4 is 32.7 Å². The van der Waals surface area contributed by atoms with Crippen molar-refractivity contribution in [2.45, 2.75) is 50.8 Å². The number of carbonyl (C=O) groups is 1. The molecule has 1 aliphatic carbocycles. The van der Waals surface area contributed by atoms with E-state index in [1.165, 1.54) is 23.0 Å². The summed E-state index contributed by atoms with van der Waals surface area (Å²) in [6.45, 7) is 5.28. The van der Waals surface area contributed by atoms with Gasteiger partial charge in [-0.15, -0.1) is 0 Å². The second kappa shape index (κ2) is 9.63. The second-order valence-corrected chi connectivity index (χ2v) is 11.2. The van der Waals surface area contributed by atoms with Crippen molar-refractivity contribution in [3.8, 4) is 0 Å². The number of para-hydroxylation sites is 1. The number of nitrogens with zero attached hydrogens (tertiary/aromatic N) is 1. The van der Waals surface area contributed by atoms with Crippen LogP contribution in [0.15, 0.2) is 83.3 Å². The third-order valence-corrected chi connectivity index (χ3v) is 8.55. The van der Waals surface area contributed by atoms with Crippen molar-refractivity contribution < 1.29 is 22.3 Å². The highest BCUT2D eigenvalue weighted by atomic mass is 32.2. The summed E-state index contributed by atoms with van der Waals surface area (Å²) < 4.78 is 49.4. The molecule has 190 valence electrons. The minimum Gasteiger partial charge on any atom is -0.424 e. The van der Waals surface area contributed by atoms with E-state index in [-0.39, 0.29) is 22.4 Å². The van der Waals surface area contributed by atoms with Crippen LogP contribution >= 0.6 is 0 Å². The molecule has 4 aromatic rings. The first-order chi connectivity index (χ1) is 17.7. The topological polar surface area (TPSA) is 65.4 Å². The van der Waals surface area contributed by atoms with Gasteiger partial charge in [0.05, 0.1) is 10.4 Å². The number of ether oxygens (including phenoxy) is 1. The summed E-state index contributed by atoms with van der Waals surface area (Å²) >= 11 is 0. The van der Waals surface area contributed by atoms with E-state index in [9.17, 15) is 17.6 Å². The normalized spacial score (nSPS) is 15.3. The molecule has 0 radical (unpaired) electrons. The molecule has 1 heterocycles. The fourth-order valence-electron chi connectivity index (χ4n) is 5.17. The van der Waals surface area contributed by atoms with E-state index in [2.05, 4.69) is 6.92 Å². The highest BCUT2D eigenvalue weighted by Gasteiger charge is 2.42. The van der Waals surface area contributed by atoms with E-state index in [1.54, 1.807) is 48.5 Å². The number of rotatable bonds is 7. The Kier molecular flexibility index (Phi) is 6.50.